The number of hydrogen-bond acceptors (Lipinski definition) is 4. The number of benzene rings is 1. The van der Waals surface area contributed by atoms with E-state index >= 15 is 0 Å². The third-order valence-corrected chi connectivity index (χ3v) is 3.31. The summed E-state index contributed by atoms with van der Waals surface area (Å²) >= 11 is 0.949. The van der Waals surface area contributed by atoms with E-state index in [0.29, 0.717) is 4.90 Å². The number of amides is 1. The topological polar surface area (TPSA) is 86.6 Å². The van der Waals surface area contributed by atoms with Crippen LogP contribution in [0, 0.1) is 11.6 Å². The number of halogens is 2. The Kier molecular flexibility index (Phi) is 6.40. The minimum atomic E-state index is -1.25. The molecule has 1 rings (SSSR count). The number of thioether (sulfide) groups is 1. The first-order valence-corrected chi connectivity index (χ1v) is 6.63. The van der Waals surface area contributed by atoms with Crippen molar-refractivity contribution in [3.63, 3.8) is 0 Å². The lowest BCUT2D eigenvalue weighted by Gasteiger charge is -2.12. The Balaban J connectivity index is 2.50. The summed E-state index contributed by atoms with van der Waals surface area (Å²) in [6, 6.07) is 2.05. The molecule has 5 nitrogen and oxygen atoms in total. The van der Waals surface area contributed by atoms with Gasteiger partial charge in [-0.25, -0.2) is 13.6 Å². The van der Waals surface area contributed by atoms with Crippen LogP contribution in [-0.4, -0.2) is 40.5 Å². The van der Waals surface area contributed by atoms with Gasteiger partial charge < -0.3 is 15.5 Å². The minimum absolute atomic E-state index is 0.100. The Hall–Kier alpha value is -1.67. The van der Waals surface area contributed by atoms with Crippen LogP contribution >= 0.6 is 11.8 Å². The Labute approximate surface area is 118 Å². The molecule has 0 spiro atoms. The molecule has 0 aliphatic heterocycles. The maximum absolute atomic E-state index is 12.9. The number of carboxylic acids is 1. The van der Waals surface area contributed by atoms with Crippen molar-refractivity contribution < 1.29 is 28.6 Å². The maximum atomic E-state index is 12.9. The van der Waals surface area contributed by atoms with E-state index in [4.69, 9.17) is 10.2 Å². The number of carboxylic acid groups (broad SMARTS) is 1. The van der Waals surface area contributed by atoms with Crippen LogP contribution in [0.25, 0.3) is 0 Å². The molecule has 20 heavy (non-hydrogen) atoms. The predicted molar refractivity (Wildman–Crippen MR) is 68.4 cm³/mol. The van der Waals surface area contributed by atoms with Gasteiger partial charge in [-0.3, -0.25) is 4.79 Å². The average Bonchev–Trinajstić information content (AvgIpc) is 2.39. The molecule has 0 aromatic heterocycles. The first-order valence-electron chi connectivity index (χ1n) is 5.65. The lowest BCUT2D eigenvalue weighted by atomic mass is 10.2. The van der Waals surface area contributed by atoms with E-state index in [2.05, 4.69) is 5.32 Å². The van der Waals surface area contributed by atoms with Crippen molar-refractivity contribution in [3.05, 3.63) is 29.8 Å². The van der Waals surface area contributed by atoms with E-state index in [1.165, 1.54) is 6.07 Å². The van der Waals surface area contributed by atoms with Gasteiger partial charge in [0, 0.05) is 17.9 Å². The van der Waals surface area contributed by atoms with Crippen LogP contribution in [-0.2, 0) is 9.59 Å². The van der Waals surface area contributed by atoms with Crippen LogP contribution in [0.5, 0.6) is 0 Å². The first-order chi connectivity index (χ1) is 9.43. The summed E-state index contributed by atoms with van der Waals surface area (Å²) in [5, 5.41) is 19.7. The number of nitrogens with one attached hydrogen (secondary N) is 1. The molecule has 0 heterocycles. The van der Waals surface area contributed by atoms with E-state index in [-0.39, 0.29) is 18.8 Å². The summed E-state index contributed by atoms with van der Waals surface area (Å²) in [5.41, 5.74) is 0. The Bertz CT molecular complexity index is 498. The van der Waals surface area contributed by atoms with Gasteiger partial charge in [0.1, 0.15) is 6.04 Å². The van der Waals surface area contributed by atoms with E-state index in [0.717, 1.165) is 23.9 Å². The number of carbonyl (C=O) groups is 2. The minimum Gasteiger partial charge on any atom is -0.480 e. The molecule has 1 atom stereocenters. The van der Waals surface area contributed by atoms with E-state index in [9.17, 15) is 18.4 Å². The van der Waals surface area contributed by atoms with E-state index < -0.39 is 29.6 Å². The molecular weight excluding hydrogens is 292 g/mol. The lowest BCUT2D eigenvalue weighted by Crippen LogP contribution is -2.42. The van der Waals surface area contributed by atoms with Gasteiger partial charge in [0.25, 0.3) is 0 Å². The third kappa shape index (κ3) is 5.14. The number of hydrogen-bond donors (Lipinski definition) is 3. The number of carbonyl (C=O) groups excluding carboxylic acids is 1. The zero-order valence-electron chi connectivity index (χ0n) is 10.3. The zero-order chi connectivity index (χ0) is 15.1. The van der Waals surface area contributed by atoms with Crippen LogP contribution < -0.4 is 5.32 Å². The normalized spacial score (nSPS) is 11.9. The van der Waals surface area contributed by atoms with E-state index in [1.807, 2.05) is 0 Å². The monoisotopic (exact) mass is 305 g/mol. The fourth-order valence-electron chi connectivity index (χ4n) is 1.34. The summed E-state index contributed by atoms with van der Waals surface area (Å²) in [6.07, 6.45) is -0.100. The van der Waals surface area contributed by atoms with Gasteiger partial charge in [-0.2, -0.15) is 0 Å². The molecule has 1 amide bonds. The summed E-state index contributed by atoms with van der Waals surface area (Å²) in [5.74, 6) is -3.95. The van der Waals surface area contributed by atoms with Crippen molar-refractivity contribution in [1.82, 2.24) is 5.32 Å². The van der Waals surface area contributed by atoms with Gasteiger partial charge in [-0.1, -0.05) is 0 Å². The quantitative estimate of drug-likeness (QED) is 0.655. The molecule has 1 aromatic carbocycles. The smallest absolute Gasteiger partial charge is 0.326 e. The second-order valence-corrected chi connectivity index (χ2v) is 4.88. The molecule has 0 fully saturated rings. The van der Waals surface area contributed by atoms with E-state index in [1.54, 1.807) is 0 Å². The molecule has 1 aromatic rings. The van der Waals surface area contributed by atoms with Crippen LogP contribution in [0.2, 0.25) is 0 Å². The standard InChI is InChI=1S/C12H13F2NO4S/c13-8-2-1-7(5-9(8)14)20-6-11(17)15-10(3-4-16)12(18)19/h1-2,5,10,16H,3-4,6H2,(H,15,17)(H,18,19)/t10-/m0/s1. The molecule has 0 radical (unpaired) electrons. The molecule has 0 aliphatic rings. The third-order valence-electron chi connectivity index (χ3n) is 2.31. The molecule has 0 unspecified atom stereocenters. The molecule has 3 N–H and O–H groups in total. The summed E-state index contributed by atoms with van der Waals surface area (Å²) in [7, 11) is 0. The van der Waals surface area contributed by atoms with Crippen LogP contribution in [0.15, 0.2) is 23.1 Å². The highest BCUT2D eigenvalue weighted by Crippen LogP contribution is 2.20. The SMILES string of the molecule is O=C(CSc1ccc(F)c(F)c1)N[C@@H](CCO)C(=O)O. The highest BCUT2D eigenvalue weighted by atomic mass is 32.2. The van der Waals surface area contributed by atoms with Gasteiger partial charge in [0.05, 0.1) is 5.75 Å². The van der Waals surface area contributed by atoms with Crippen LogP contribution in [0.3, 0.4) is 0 Å². The summed E-state index contributed by atoms with van der Waals surface area (Å²) in [4.78, 5) is 22.6. The van der Waals surface area contributed by atoms with Crippen molar-refractivity contribution >= 4 is 23.6 Å². The second-order valence-electron chi connectivity index (χ2n) is 3.84. The first kappa shape index (κ1) is 16.4. The number of rotatable bonds is 7. The molecule has 0 saturated heterocycles. The molecule has 110 valence electrons. The van der Waals surface area contributed by atoms with Crippen LogP contribution in [0.4, 0.5) is 8.78 Å². The van der Waals surface area contributed by atoms with Crippen LogP contribution in [0.1, 0.15) is 6.42 Å². The Morgan fingerprint density at radius 1 is 1.30 bits per heavy atom. The van der Waals surface area contributed by atoms with Crippen molar-refractivity contribution in [3.8, 4) is 0 Å². The fourth-order valence-corrected chi connectivity index (χ4v) is 2.07. The molecule has 0 aliphatic carbocycles. The van der Waals surface area contributed by atoms with Crippen molar-refractivity contribution in [2.45, 2.75) is 17.4 Å². The van der Waals surface area contributed by atoms with Gasteiger partial charge >= 0.3 is 5.97 Å². The average molecular weight is 305 g/mol. The number of aliphatic hydroxyl groups excluding tert-OH is 1. The Morgan fingerprint density at radius 3 is 2.55 bits per heavy atom. The van der Waals surface area contributed by atoms with Crippen molar-refractivity contribution in [2.24, 2.45) is 0 Å². The maximum Gasteiger partial charge on any atom is 0.326 e. The number of aliphatic carboxylic acids is 1. The predicted octanol–water partition coefficient (Wildman–Crippen LogP) is 1.01. The largest absolute Gasteiger partial charge is 0.480 e. The molecular formula is C12H13F2NO4S. The lowest BCUT2D eigenvalue weighted by molar-refractivity contribution is -0.141. The highest BCUT2D eigenvalue weighted by molar-refractivity contribution is 8.00. The van der Waals surface area contributed by atoms with Crippen molar-refractivity contribution in [1.29, 1.82) is 0 Å². The highest BCUT2D eigenvalue weighted by Gasteiger charge is 2.19. The van der Waals surface area contributed by atoms with Crippen molar-refractivity contribution in [2.75, 3.05) is 12.4 Å². The second kappa shape index (κ2) is 7.81. The number of aliphatic hydroxyl groups is 1. The Morgan fingerprint density at radius 2 is 2.00 bits per heavy atom. The summed E-state index contributed by atoms with van der Waals surface area (Å²) in [6.45, 7) is -0.367. The van der Waals surface area contributed by atoms with Gasteiger partial charge in [-0.05, 0) is 18.2 Å². The van der Waals surface area contributed by atoms with Gasteiger partial charge in [-0.15, -0.1) is 11.8 Å². The molecule has 8 heteroatoms. The fraction of sp³-hybridized carbons (Fsp3) is 0.333. The molecule has 0 bridgehead atoms. The summed E-state index contributed by atoms with van der Waals surface area (Å²) < 4.78 is 25.6. The van der Waals surface area contributed by atoms with Gasteiger partial charge in [0.15, 0.2) is 11.6 Å². The zero-order valence-corrected chi connectivity index (χ0v) is 11.1. The molecule has 0 saturated carbocycles. The van der Waals surface area contributed by atoms with Gasteiger partial charge in [0.2, 0.25) is 5.91 Å².